The Morgan fingerprint density at radius 2 is 2.33 bits per heavy atom. The van der Waals surface area contributed by atoms with Crippen LogP contribution in [0.25, 0.3) is 0 Å². The van der Waals surface area contributed by atoms with E-state index >= 15 is 0 Å². The number of benzene rings is 1. The highest BCUT2D eigenvalue weighted by Gasteiger charge is 2.03. The minimum atomic E-state index is -0.0545. The zero-order valence-electron chi connectivity index (χ0n) is 8.22. The van der Waals surface area contributed by atoms with Gasteiger partial charge in [0, 0.05) is 11.5 Å². The van der Waals surface area contributed by atoms with Crippen LogP contribution in [-0.2, 0) is 4.79 Å². The second-order valence-corrected chi connectivity index (χ2v) is 4.17. The Morgan fingerprint density at radius 1 is 1.60 bits per heavy atom. The van der Waals surface area contributed by atoms with Gasteiger partial charge in [-0.05, 0) is 18.2 Å². The molecule has 82 valence electrons. The standard InChI is InChI=1S/C10H11BrClNO2/c1-13-10(14)4-5-15-9-6-7(11)2-3-8(9)12/h2-3,6H,4-5H2,1H3,(H,13,14). The van der Waals surface area contributed by atoms with Gasteiger partial charge < -0.3 is 10.1 Å². The smallest absolute Gasteiger partial charge is 0.223 e. The lowest BCUT2D eigenvalue weighted by atomic mass is 10.3. The third kappa shape index (κ3) is 4.10. The average molecular weight is 293 g/mol. The molecule has 0 aliphatic heterocycles. The minimum Gasteiger partial charge on any atom is -0.491 e. The molecule has 0 saturated carbocycles. The summed E-state index contributed by atoms with van der Waals surface area (Å²) in [5.41, 5.74) is 0. The molecule has 3 nitrogen and oxygen atoms in total. The third-order valence-corrected chi connectivity index (χ3v) is 2.56. The van der Waals surface area contributed by atoms with E-state index in [2.05, 4.69) is 21.2 Å². The molecule has 0 fully saturated rings. The molecule has 15 heavy (non-hydrogen) atoms. The van der Waals surface area contributed by atoms with Gasteiger partial charge in [-0.1, -0.05) is 27.5 Å². The highest BCUT2D eigenvalue weighted by Crippen LogP contribution is 2.27. The zero-order chi connectivity index (χ0) is 11.3. The molecule has 0 aromatic heterocycles. The predicted octanol–water partition coefficient (Wildman–Crippen LogP) is 2.62. The molecule has 0 spiro atoms. The summed E-state index contributed by atoms with van der Waals surface area (Å²) < 4.78 is 6.26. The fraction of sp³-hybridized carbons (Fsp3) is 0.300. The summed E-state index contributed by atoms with van der Waals surface area (Å²) in [7, 11) is 1.59. The van der Waals surface area contributed by atoms with Crippen molar-refractivity contribution in [2.45, 2.75) is 6.42 Å². The number of halogens is 2. The van der Waals surface area contributed by atoms with Crippen molar-refractivity contribution in [3.05, 3.63) is 27.7 Å². The SMILES string of the molecule is CNC(=O)CCOc1cc(Br)ccc1Cl. The lowest BCUT2D eigenvalue weighted by Gasteiger charge is -2.07. The quantitative estimate of drug-likeness (QED) is 0.926. The van der Waals surface area contributed by atoms with Gasteiger partial charge in [0.2, 0.25) is 5.91 Å². The first-order chi connectivity index (χ1) is 7.13. The summed E-state index contributed by atoms with van der Waals surface area (Å²) >= 11 is 9.21. The van der Waals surface area contributed by atoms with Gasteiger partial charge in [0.05, 0.1) is 18.1 Å². The van der Waals surface area contributed by atoms with E-state index in [4.69, 9.17) is 16.3 Å². The van der Waals surface area contributed by atoms with Gasteiger partial charge in [-0.15, -0.1) is 0 Å². The molecule has 0 saturated heterocycles. The number of carbonyl (C=O) groups excluding carboxylic acids is 1. The molecule has 1 aromatic carbocycles. The average Bonchev–Trinajstić information content (AvgIpc) is 2.23. The largest absolute Gasteiger partial charge is 0.491 e. The first kappa shape index (κ1) is 12.3. The maximum absolute atomic E-state index is 10.9. The van der Waals surface area contributed by atoms with Gasteiger partial charge in [0.15, 0.2) is 0 Å². The van der Waals surface area contributed by atoms with Crippen LogP contribution in [0.5, 0.6) is 5.75 Å². The number of rotatable bonds is 4. The molecule has 0 aliphatic carbocycles. The molecule has 0 bridgehead atoms. The molecule has 0 unspecified atom stereocenters. The number of ether oxygens (including phenoxy) is 1. The van der Waals surface area contributed by atoms with Crippen molar-refractivity contribution in [1.82, 2.24) is 5.32 Å². The zero-order valence-corrected chi connectivity index (χ0v) is 10.6. The summed E-state index contributed by atoms with van der Waals surface area (Å²) in [4.78, 5) is 10.9. The Hall–Kier alpha value is -0.740. The second-order valence-electron chi connectivity index (χ2n) is 2.85. The molecule has 1 rings (SSSR count). The molecule has 0 atom stereocenters. The minimum absolute atomic E-state index is 0.0545. The van der Waals surface area contributed by atoms with E-state index < -0.39 is 0 Å². The second kappa shape index (κ2) is 5.98. The molecule has 1 aromatic rings. The van der Waals surface area contributed by atoms with Gasteiger partial charge in [0.1, 0.15) is 5.75 Å². The van der Waals surface area contributed by atoms with E-state index in [1.54, 1.807) is 19.2 Å². The lowest BCUT2D eigenvalue weighted by Crippen LogP contribution is -2.20. The lowest BCUT2D eigenvalue weighted by molar-refractivity contribution is -0.121. The number of amides is 1. The monoisotopic (exact) mass is 291 g/mol. The van der Waals surface area contributed by atoms with Crippen LogP contribution in [-0.4, -0.2) is 19.6 Å². The summed E-state index contributed by atoms with van der Waals surface area (Å²) in [6, 6.07) is 5.33. The molecular weight excluding hydrogens is 281 g/mol. The summed E-state index contributed by atoms with van der Waals surface area (Å²) in [5, 5.41) is 3.05. The van der Waals surface area contributed by atoms with Crippen molar-refractivity contribution in [3.8, 4) is 5.75 Å². The van der Waals surface area contributed by atoms with Crippen molar-refractivity contribution in [2.24, 2.45) is 0 Å². The topological polar surface area (TPSA) is 38.3 Å². The Kier molecular flexibility index (Phi) is 4.91. The number of carbonyl (C=O) groups is 1. The van der Waals surface area contributed by atoms with Crippen molar-refractivity contribution in [1.29, 1.82) is 0 Å². The molecule has 1 amide bonds. The van der Waals surface area contributed by atoms with E-state index in [1.165, 1.54) is 0 Å². The van der Waals surface area contributed by atoms with Gasteiger partial charge >= 0.3 is 0 Å². The van der Waals surface area contributed by atoms with E-state index in [-0.39, 0.29) is 5.91 Å². The van der Waals surface area contributed by atoms with Crippen molar-refractivity contribution in [3.63, 3.8) is 0 Å². The number of hydrogen-bond acceptors (Lipinski definition) is 2. The molecular formula is C10H11BrClNO2. The maximum Gasteiger partial charge on any atom is 0.223 e. The maximum atomic E-state index is 10.9. The highest BCUT2D eigenvalue weighted by molar-refractivity contribution is 9.10. The Morgan fingerprint density at radius 3 is 3.00 bits per heavy atom. The summed E-state index contributed by atoms with van der Waals surface area (Å²) in [6.07, 6.45) is 0.319. The van der Waals surface area contributed by atoms with E-state index in [0.29, 0.717) is 23.8 Å². The Balaban J connectivity index is 2.50. The van der Waals surface area contributed by atoms with Crippen LogP contribution in [0.15, 0.2) is 22.7 Å². The van der Waals surface area contributed by atoms with Gasteiger partial charge in [-0.25, -0.2) is 0 Å². The molecule has 0 radical (unpaired) electrons. The van der Waals surface area contributed by atoms with Crippen molar-refractivity contribution >= 4 is 33.4 Å². The van der Waals surface area contributed by atoms with Crippen LogP contribution in [0, 0.1) is 0 Å². The van der Waals surface area contributed by atoms with Gasteiger partial charge in [-0.2, -0.15) is 0 Å². The third-order valence-electron chi connectivity index (χ3n) is 1.76. The molecule has 0 aliphatic rings. The Bertz CT molecular complexity index is 357. The van der Waals surface area contributed by atoms with Gasteiger partial charge in [0.25, 0.3) is 0 Å². The Labute approximate surface area is 102 Å². The van der Waals surface area contributed by atoms with Gasteiger partial charge in [-0.3, -0.25) is 4.79 Å². The summed E-state index contributed by atoms with van der Waals surface area (Å²) in [5.74, 6) is 0.524. The first-order valence-corrected chi connectivity index (χ1v) is 5.59. The van der Waals surface area contributed by atoms with Crippen LogP contribution < -0.4 is 10.1 Å². The predicted molar refractivity (Wildman–Crippen MR) is 63.3 cm³/mol. The molecule has 1 N–H and O–H groups in total. The van der Waals surface area contributed by atoms with E-state index in [0.717, 1.165) is 4.47 Å². The highest BCUT2D eigenvalue weighted by atomic mass is 79.9. The van der Waals surface area contributed by atoms with Crippen LogP contribution in [0.1, 0.15) is 6.42 Å². The van der Waals surface area contributed by atoms with Crippen LogP contribution in [0.3, 0.4) is 0 Å². The van der Waals surface area contributed by atoms with Crippen molar-refractivity contribution < 1.29 is 9.53 Å². The van der Waals surface area contributed by atoms with E-state index in [1.807, 2.05) is 6.07 Å². The van der Waals surface area contributed by atoms with Crippen LogP contribution in [0.4, 0.5) is 0 Å². The van der Waals surface area contributed by atoms with Crippen molar-refractivity contribution in [2.75, 3.05) is 13.7 Å². The fourth-order valence-electron chi connectivity index (χ4n) is 0.966. The van der Waals surface area contributed by atoms with E-state index in [9.17, 15) is 4.79 Å². The number of hydrogen-bond donors (Lipinski definition) is 1. The normalized spacial score (nSPS) is 9.80. The van der Waals surface area contributed by atoms with Crippen LogP contribution in [0.2, 0.25) is 5.02 Å². The number of nitrogens with one attached hydrogen (secondary N) is 1. The first-order valence-electron chi connectivity index (χ1n) is 4.42. The molecule has 0 heterocycles. The summed E-state index contributed by atoms with van der Waals surface area (Å²) in [6.45, 7) is 0.315. The fourth-order valence-corrected chi connectivity index (χ4v) is 1.48. The molecule has 5 heteroatoms. The van der Waals surface area contributed by atoms with Crippen LogP contribution >= 0.6 is 27.5 Å².